The van der Waals surface area contributed by atoms with E-state index in [1.165, 1.54) is 0 Å². The molecule has 0 saturated carbocycles. The smallest absolute Gasteiger partial charge is 0.195 e. The predicted molar refractivity (Wildman–Crippen MR) is 102 cm³/mol. The van der Waals surface area contributed by atoms with Crippen molar-refractivity contribution in [3.63, 3.8) is 0 Å². The molecule has 2 heterocycles. The maximum absolute atomic E-state index is 4.41. The monoisotopic (exact) mass is 414 g/mol. The highest BCUT2D eigenvalue weighted by Crippen LogP contribution is 2.24. The van der Waals surface area contributed by atoms with Crippen LogP contribution in [0.5, 0.6) is 0 Å². The van der Waals surface area contributed by atoms with E-state index in [2.05, 4.69) is 60.1 Å². The Balaban J connectivity index is 1.78. The Kier molecular flexibility index (Phi) is 4.54. The lowest BCUT2D eigenvalue weighted by molar-refractivity contribution is 0.630. The second kappa shape index (κ2) is 6.97. The van der Waals surface area contributed by atoms with Crippen molar-refractivity contribution in [2.75, 3.05) is 5.75 Å². The normalized spacial score (nSPS) is 11.3. The van der Waals surface area contributed by atoms with Gasteiger partial charge in [-0.2, -0.15) is 0 Å². The predicted octanol–water partition coefficient (Wildman–Crippen LogP) is 3.93. The SMILES string of the molecule is CCSc1nnc(Cn2nnc3ccccc32)n1-c1ccc(Br)cc1. The summed E-state index contributed by atoms with van der Waals surface area (Å²) in [6.45, 7) is 2.61. The molecule has 4 rings (SSSR count). The number of nitrogens with zero attached hydrogens (tertiary/aromatic N) is 6. The van der Waals surface area contributed by atoms with Gasteiger partial charge in [0.1, 0.15) is 12.1 Å². The third-order valence-corrected chi connectivity index (χ3v) is 5.11. The molecule has 2 aromatic heterocycles. The molecule has 25 heavy (non-hydrogen) atoms. The van der Waals surface area contributed by atoms with Crippen molar-refractivity contribution in [1.29, 1.82) is 0 Å². The zero-order chi connectivity index (χ0) is 17.2. The van der Waals surface area contributed by atoms with Gasteiger partial charge in [0, 0.05) is 10.2 Å². The molecule has 0 unspecified atom stereocenters. The standard InChI is InChI=1S/C17H15BrN6S/c1-2-25-17-21-20-16(24(17)13-9-7-12(18)8-10-13)11-23-15-6-4-3-5-14(15)19-22-23/h3-10H,2,11H2,1H3. The van der Waals surface area contributed by atoms with E-state index in [1.54, 1.807) is 11.8 Å². The Morgan fingerprint density at radius 3 is 2.60 bits per heavy atom. The van der Waals surface area contributed by atoms with E-state index in [1.807, 2.05) is 41.1 Å². The van der Waals surface area contributed by atoms with E-state index in [9.17, 15) is 0 Å². The van der Waals surface area contributed by atoms with Gasteiger partial charge in [0.15, 0.2) is 11.0 Å². The highest BCUT2D eigenvalue weighted by Gasteiger charge is 2.16. The number of halogens is 1. The summed E-state index contributed by atoms with van der Waals surface area (Å²) in [6.07, 6.45) is 0. The van der Waals surface area contributed by atoms with Crippen LogP contribution < -0.4 is 0 Å². The maximum Gasteiger partial charge on any atom is 0.195 e. The summed E-state index contributed by atoms with van der Waals surface area (Å²) in [4.78, 5) is 0. The molecule has 0 aliphatic rings. The zero-order valence-corrected chi connectivity index (χ0v) is 15.9. The van der Waals surface area contributed by atoms with E-state index in [-0.39, 0.29) is 0 Å². The van der Waals surface area contributed by atoms with E-state index < -0.39 is 0 Å². The summed E-state index contributed by atoms with van der Waals surface area (Å²) in [7, 11) is 0. The first-order valence-corrected chi connectivity index (χ1v) is 9.65. The summed E-state index contributed by atoms with van der Waals surface area (Å²) in [5, 5.41) is 18.1. The molecule has 0 bridgehead atoms. The Bertz CT molecular complexity index is 1010. The van der Waals surface area contributed by atoms with Gasteiger partial charge in [-0.15, -0.1) is 15.3 Å². The highest BCUT2D eigenvalue weighted by atomic mass is 79.9. The van der Waals surface area contributed by atoms with Gasteiger partial charge in [-0.3, -0.25) is 4.57 Å². The van der Waals surface area contributed by atoms with Crippen LogP contribution in [-0.2, 0) is 6.54 Å². The van der Waals surface area contributed by atoms with Gasteiger partial charge in [-0.1, -0.05) is 52.0 Å². The van der Waals surface area contributed by atoms with E-state index in [4.69, 9.17) is 0 Å². The van der Waals surface area contributed by atoms with E-state index in [0.29, 0.717) is 6.54 Å². The molecular weight excluding hydrogens is 400 g/mol. The number of hydrogen-bond acceptors (Lipinski definition) is 5. The van der Waals surface area contributed by atoms with Gasteiger partial charge in [0.05, 0.1) is 5.52 Å². The number of hydrogen-bond donors (Lipinski definition) is 0. The van der Waals surface area contributed by atoms with Crippen molar-refractivity contribution in [1.82, 2.24) is 29.8 Å². The zero-order valence-electron chi connectivity index (χ0n) is 13.5. The molecule has 8 heteroatoms. The summed E-state index contributed by atoms with van der Waals surface area (Å²) < 4.78 is 4.98. The first kappa shape index (κ1) is 16.3. The van der Waals surface area contributed by atoms with Gasteiger partial charge in [0.2, 0.25) is 0 Å². The Labute approximate surface area is 157 Å². The topological polar surface area (TPSA) is 61.4 Å². The molecule has 6 nitrogen and oxygen atoms in total. The van der Waals surface area contributed by atoms with Crippen LogP contribution in [0.4, 0.5) is 0 Å². The molecule has 0 N–H and O–H groups in total. The average Bonchev–Trinajstić information content (AvgIpc) is 3.21. The fourth-order valence-corrected chi connectivity index (χ4v) is 3.60. The van der Waals surface area contributed by atoms with Crippen LogP contribution in [0.3, 0.4) is 0 Å². The average molecular weight is 415 g/mol. The van der Waals surface area contributed by atoms with Gasteiger partial charge in [0.25, 0.3) is 0 Å². The summed E-state index contributed by atoms with van der Waals surface area (Å²) in [5.74, 6) is 1.76. The first-order valence-electron chi connectivity index (χ1n) is 7.87. The minimum absolute atomic E-state index is 0.508. The number of rotatable bonds is 5. The molecule has 0 amide bonds. The maximum atomic E-state index is 4.41. The van der Waals surface area contributed by atoms with Crippen LogP contribution in [0.15, 0.2) is 58.2 Å². The molecule has 0 aliphatic carbocycles. The van der Waals surface area contributed by atoms with Crippen LogP contribution in [-0.4, -0.2) is 35.5 Å². The highest BCUT2D eigenvalue weighted by molar-refractivity contribution is 9.10. The van der Waals surface area contributed by atoms with Crippen molar-refractivity contribution < 1.29 is 0 Å². The Morgan fingerprint density at radius 1 is 1.00 bits per heavy atom. The molecule has 0 aliphatic heterocycles. The fourth-order valence-electron chi connectivity index (χ4n) is 2.64. The number of aromatic nitrogens is 6. The summed E-state index contributed by atoms with van der Waals surface area (Å²) >= 11 is 5.15. The van der Waals surface area contributed by atoms with Gasteiger partial charge < -0.3 is 0 Å². The van der Waals surface area contributed by atoms with Gasteiger partial charge in [-0.25, -0.2) is 4.68 Å². The lowest BCUT2D eigenvalue weighted by Crippen LogP contribution is -2.09. The Morgan fingerprint density at radius 2 is 1.80 bits per heavy atom. The molecular formula is C17H15BrN6S. The van der Waals surface area contributed by atoms with Crippen LogP contribution in [0.1, 0.15) is 12.7 Å². The van der Waals surface area contributed by atoms with Crippen LogP contribution >= 0.6 is 27.7 Å². The molecule has 0 fully saturated rings. The quantitative estimate of drug-likeness (QED) is 0.462. The summed E-state index contributed by atoms with van der Waals surface area (Å²) in [6, 6.07) is 16.1. The molecule has 0 spiro atoms. The Hall–Kier alpha value is -2.19. The fraction of sp³-hybridized carbons (Fsp3) is 0.176. The van der Waals surface area contributed by atoms with Gasteiger partial charge in [-0.05, 0) is 42.2 Å². The minimum Gasteiger partial charge on any atom is -0.272 e. The van der Waals surface area contributed by atoms with E-state index >= 15 is 0 Å². The summed E-state index contributed by atoms with van der Waals surface area (Å²) in [5.41, 5.74) is 2.89. The number of para-hydroxylation sites is 1. The van der Waals surface area contributed by atoms with Crippen molar-refractivity contribution in [2.45, 2.75) is 18.6 Å². The largest absolute Gasteiger partial charge is 0.272 e. The third kappa shape index (κ3) is 3.19. The van der Waals surface area contributed by atoms with Crippen molar-refractivity contribution >= 4 is 38.7 Å². The third-order valence-electron chi connectivity index (χ3n) is 3.77. The van der Waals surface area contributed by atoms with Crippen LogP contribution in [0.2, 0.25) is 0 Å². The van der Waals surface area contributed by atoms with Crippen molar-refractivity contribution in [2.24, 2.45) is 0 Å². The van der Waals surface area contributed by atoms with Crippen molar-refractivity contribution in [3.05, 3.63) is 58.8 Å². The minimum atomic E-state index is 0.508. The molecule has 2 aromatic carbocycles. The lowest BCUT2D eigenvalue weighted by Gasteiger charge is -2.10. The number of fused-ring (bicyclic) bond motifs is 1. The van der Waals surface area contributed by atoms with Crippen LogP contribution in [0.25, 0.3) is 16.7 Å². The second-order valence-electron chi connectivity index (χ2n) is 5.38. The van der Waals surface area contributed by atoms with Crippen molar-refractivity contribution in [3.8, 4) is 5.69 Å². The molecule has 126 valence electrons. The second-order valence-corrected chi connectivity index (χ2v) is 7.53. The molecule has 4 aromatic rings. The first-order chi connectivity index (χ1) is 12.3. The van der Waals surface area contributed by atoms with E-state index in [0.717, 1.165) is 37.9 Å². The molecule has 0 saturated heterocycles. The van der Waals surface area contributed by atoms with Crippen LogP contribution in [0, 0.1) is 0 Å². The number of benzene rings is 2. The molecule has 0 radical (unpaired) electrons. The van der Waals surface area contributed by atoms with Gasteiger partial charge >= 0.3 is 0 Å². The lowest BCUT2D eigenvalue weighted by atomic mass is 10.3. The number of thioether (sulfide) groups is 1. The molecule has 0 atom stereocenters.